The number of hydrogen-bond donors (Lipinski definition) is 0. The van der Waals surface area contributed by atoms with Gasteiger partial charge in [-0.1, -0.05) is 48.5 Å². The molecule has 0 spiro atoms. The smallest absolute Gasteiger partial charge is 0.0616 e. The zero-order valence-electron chi connectivity index (χ0n) is 7.46. The molecule has 0 aliphatic carbocycles. The fourth-order valence-corrected chi connectivity index (χ4v) is 0.998. The minimum atomic E-state index is 0.488. The molecule has 0 saturated carbocycles. The van der Waals surface area contributed by atoms with Gasteiger partial charge < -0.3 is 0 Å². The number of fused-ring (bicyclic) bond motifs is 1. The maximum Gasteiger partial charge on any atom is 0.0629 e. The fraction of sp³-hybridized carbons (Fsp3) is 0. The maximum absolute atomic E-state index is 7.58. The summed E-state index contributed by atoms with van der Waals surface area (Å²) in [4.78, 5) is 0. The molecule has 0 nitrogen and oxygen atoms in total. The first-order valence-corrected chi connectivity index (χ1v) is 3.24. The van der Waals surface area contributed by atoms with Gasteiger partial charge in [-0.25, -0.2) is 0 Å². The van der Waals surface area contributed by atoms with E-state index in [-0.39, 0.29) is 0 Å². The minimum Gasteiger partial charge on any atom is -0.0616 e. The van der Waals surface area contributed by atoms with Crippen molar-refractivity contribution in [3.05, 3.63) is 48.5 Å². The quantitative estimate of drug-likeness (QED) is 0.514. The second-order valence-corrected chi connectivity index (χ2v) is 2.17. The van der Waals surface area contributed by atoms with E-state index >= 15 is 0 Å². The molecule has 0 amide bonds. The molecule has 10 heavy (non-hydrogen) atoms. The van der Waals surface area contributed by atoms with Crippen LogP contribution in [0.5, 0.6) is 0 Å². The number of rotatable bonds is 0. The molecule has 48 valence electrons. The molecule has 2 aromatic rings. The predicted molar refractivity (Wildman–Crippen MR) is 43.9 cm³/mol. The van der Waals surface area contributed by atoms with E-state index in [1.54, 1.807) is 12.1 Å². The summed E-state index contributed by atoms with van der Waals surface area (Å²) in [5, 5.41) is 1.70. The Balaban J connectivity index is 2.95. The molecule has 0 saturated heterocycles. The Morgan fingerprint density at radius 1 is 0.800 bits per heavy atom. The van der Waals surface area contributed by atoms with E-state index in [1.807, 2.05) is 24.3 Å². The van der Waals surface area contributed by atoms with E-state index in [1.165, 1.54) is 0 Å². The van der Waals surface area contributed by atoms with Crippen molar-refractivity contribution in [2.75, 3.05) is 0 Å². The third kappa shape index (κ3) is 0.781. The summed E-state index contributed by atoms with van der Waals surface area (Å²) in [6.45, 7) is 0. The zero-order valence-corrected chi connectivity index (χ0v) is 5.46. The van der Waals surface area contributed by atoms with Gasteiger partial charge in [0.15, 0.2) is 0 Å². The Hall–Kier alpha value is -1.30. The molecule has 0 fully saturated rings. The van der Waals surface area contributed by atoms with Crippen LogP contribution in [-0.2, 0) is 0 Å². The van der Waals surface area contributed by atoms with Crippen LogP contribution in [0.2, 0.25) is 0 Å². The van der Waals surface area contributed by atoms with E-state index in [0.717, 1.165) is 10.8 Å². The van der Waals surface area contributed by atoms with Gasteiger partial charge in [-0.3, -0.25) is 0 Å². The van der Waals surface area contributed by atoms with Gasteiger partial charge in [-0.05, 0) is 10.8 Å². The van der Waals surface area contributed by atoms with Gasteiger partial charge in [0.05, 0.1) is 2.74 Å². The normalized spacial score (nSPS) is 12.8. The molecule has 0 aliphatic heterocycles. The summed E-state index contributed by atoms with van der Waals surface area (Å²) in [6, 6.07) is 11.8. The minimum absolute atomic E-state index is 0.488. The number of hydrogen-bond acceptors (Lipinski definition) is 0. The monoisotopic (exact) mass is 130 g/mol. The Bertz CT molecular complexity index is 381. The van der Waals surface area contributed by atoms with E-state index < -0.39 is 0 Å². The topological polar surface area (TPSA) is 0 Å². The largest absolute Gasteiger partial charge is 0.0629 e. The van der Waals surface area contributed by atoms with Gasteiger partial charge in [0, 0.05) is 0 Å². The Morgan fingerprint density at radius 3 is 1.80 bits per heavy atom. The van der Waals surface area contributed by atoms with Crippen LogP contribution >= 0.6 is 0 Å². The van der Waals surface area contributed by atoms with Crippen LogP contribution in [-0.4, -0.2) is 0 Å². The fourth-order valence-electron chi connectivity index (χ4n) is 0.998. The lowest BCUT2D eigenvalue weighted by Gasteiger charge is -1.92. The van der Waals surface area contributed by atoms with Gasteiger partial charge in [-0.2, -0.15) is 0 Å². The highest BCUT2D eigenvalue weighted by molar-refractivity contribution is 5.81. The lowest BCUT2D eigenvalue weighted by Crippen LogP contribution is -1.67. The first-order chi connectivity index (χ1) is 5.79. The lowest BCUT2D eigenvalue weighted by molar-refractivity contribution is 1.75. The maximum atomic E-state index is 7.58. The van der Waals surface area contributed by atoms with E-state index in [9.17, 15) is 0 Å². The summed E-state index contributed by atoms with van der Waals surface area (Å²) in [5.41, 5.74) is 0. The molecule has 0 atom stereocenters. The molecule has 0 radical (unpaired) electrons. The highest BCUT2D eigenvalue weighted by Crippen LogP contribution is 2.11. The summed E-state index contributed by atoms with van der Waals surface area (Å²) in [6.07, 6.45) is 0. The second-order valence-electron chi connectivity index (χ2n) is 2.17. The van der Waals surface area contributed by atoms with Crippen molar-refractivity contribution in [2.24, 2.45) is 0 Å². The molecule has 0 unspecified atom stereocenters. The first-order valence-electron chi connectivity index (χ1n) is 4.24. The van der Waals surface area contributed by atoms with Gasteiger partial charge in [0.2, 0.25) is 0 Å². The molecular weight excluding hydrogens is 120 g/mol. The average Bonchev–Trinajstić information content (AvgIpc) is 2.12. The number of benzene rings is 2. The van der Waals surface area contributed by atoms with Crippen LogP contribution in [0.4, 0.5) is 0 Å². The lowest BCUT2D eigenvalue weighted by atomic mass is 10.1. The zero-order chi connectivity index (χ0) is 8.55. The summed E-state index contributed by atoms with van der Waals surface area (Å²) in [5.74, 6) is 0. The first kappa shape index (κ1) is 3.77. The van der Waals surface area contributed by atoms with Crippen molar-refractivity contribution in [1.82, 2.24) is 0 Å². The van der Waals surface area contributed by atoms with Crippen molar-refractivity contribution in [3.63, 3.8) is 0 Å². The van der Waals surface area contributed by atoms with E-state index in [2.05, 4.69) is 0 Å². The summed E-state index contributed by atoms with van der Waals surface area (Å²) < 4.78 is 15.2. The van der Waals surface area contributed by atoms with Crippen LogP contribution in [0, 0.1) is 0 Å². The van der Waals surface area contributed by atoms with E-state index in [0.29, 0.717) is 12.1 Å². The van der Waals surface area contributed by atoms with Gasteiger partial charge in [0.1, 0.15) is 0 Å². The van der Waals surface area contributed by atoms with Crippen LogP contribution in [0.1, 0.15) is 2.74 Å². The average molecular weight is 130 g/mol. The Labute approximate surface area is 62.9 Å². The van der Waals surface area contributed by atoms with Crippen molar-refractivity contribution in [2.45, 2.75) is 0 Å². The van der Waals surface area contributed by atoms with Gasteiger partial charge in [0.25, 0.3) is 0 Å². The molecule has 0 heterocycles. The van der Waals surface area contributed by atoms with Crippen molar-refractivity contribution in [1.29, 1.82) is 0 Å². The molecule has 2 aromatic carbocycles. The summed E-state index contributed by atoms with van der Waals surface area (Å²) >= 11 is 0. The third-order valence-corrected chi connectivity index (χ3v) is 1.49. The summed E-state index contributed by atoms with van der Waals surface area (Å²) in [7, 11) is 0. The molecule has 0 N–H and O–H groups in total. The Kier molecular flexibility index (Phi) is 0.808. The highest BCUT2D eigenvalue weighted by Gasteiger charge is 1.85. The van der Waals surface area contributed by atoms with Crippen LogP contribution in [0.15, 0.2) is 48.5 Å². The molecule has 0 heteroatoms. The molecule has 0 aliphatic rings. The van der Waals surface area contributed by atoms with Crippen molar-refractivity contribution < 1.29 is 2.74 Å². The molecular formula is C10H8. The van der Waals surface area contributed by atoms with Crippen LogP contribution in [0.25, 0.3) is 10.8 Å². The molecule has 2 rings (SSSR count). The van der Waals surface area contributed by atoms with Crippen molar-refractivity contribution in [3.8, 4) is 0 Å². The second kappa shape index (κ2) is 2.14. The predicted octanol–water partition coefficient (Wildman–Crippen LogP) is 2.84. The van der Waals surface area contributed by atoms with Crippen molar-refractivity contribution >= 4 is 10.8 Å². The molecule has 0 bridgehead atoms. The SMILES string of the molecule is [2H]c1ccc([2H])c2ccccc12. The Morgan fingerprint density at radius 2 is 1.30 bits per heavy atom. The van der Waals surface area contributed by atoms with E-state index in [4.69, 9.17) is 2.74 Å². The van der Waals surface area contributed by atoms with Gasteiger partial charge in [-0.15, -0.1) is 0 Å². The van der Waals surface area contributed by atoms with Crippen LogP contribution in [0.3, 0.4) is 0 Å². The highest BCUT2D eigenvalue weighted by atomic mass is 13.9. The van der Waals surface area contributed by atoms with Crippen LogP contribution < -0.4 is 0 Å². The third-order valence-electron chi connectivity index (χ3n) is 1.49. The van der Waals surface area contributed by atoms with Gasteiger partial charge >= 0.3 is 0 Å². The molecule has 0 aromatic heterocycles. The standard InChI is InChI=1S/C10H8/c1-2-6-10-8-4-3-7-9(10)5-1/h1-8H/i5D,6D.